The van der Waals surface area contributed by atoms with Crippen molar-refractivity contribution in [1.82, 2.24) is 0 Å². The normalized spacial score (nSPS) is 16.6. The molecule has 136 valence electrons. The molecule has 5 heteroatoms. The van der Waals surface area contributed by atoms with Crippen LogP contribution in [0.2, 0.25) is 0 Å². The number of hydrogen-bond acceptors (Lipinski definition) is 3. The summed E-state index contributed by atoms with van der Waals surface area (Å²) in [5.41, 5.74) is 2.62. The number of amides is 2. The molecule has 0 spiro atoms. The van der Waals surface area contributed by atoms with Crippen LogP contribution in [0.15, 0.2) is 48.5 Å². The van der Waals surface area contributed by atoms with Crippen molar-refractivity contribution in [2.75, 3.05) is 23.4 Å². The Morgan fingerprint density at radius 3 is 2.62 bits per heavy atom. The lowest BCUT2D eigenvalue weighted by Crippen LogP contribution is -2.28. The van der Waals surface area contributed by atoms with E-state index in [1.165, 1.54) is 0 Å². The molecule has 0 radical (unpaired) electrons. The van der Waals surface area contributed by atoms with E-state index in [1.807, 2.05) is 55.5 Å². The number of anilines is 2. The molecule has 5 nitrogen and oxygen atoms in total. The smallest absolute Gasteiger partial charge is 0.229 e. The molecular formula is C21H24N2O3. The predicted octanol–water partition coefficient (Wildman–Crippen LogP) is 3.78. The third-order valence-corrected chi connectivity index (χ3v) is 4.50. The third kappa shape index (κ3) is 4.04. The number of benzene rings is 2. The third-order valence-electron chi connectivity index (χ3n) is 4.50. The van der Waals surface area contributed by atoms with Crippen molar-refractivity contribution >= 4 is 23.2 Å². The topological polar surface area (TPSA) is 58.6 Å². The molecule has 2 amide bonds. The summed E-state index contributed by atoms with van der Waals surface area (Å²) in [5, 5.41) is 2.90. The van der Waals surface area contributed by atoms with E-state index in [0.717, 1.165) is 23.4 Å². The number of carbonyl (C=O) groups excluding carboxylic acids is 2. The van der Waals surface area contributed by atoms with E-state index < -0.39 is 0 Å². The zero-order chi connectivity index (χ0) is 18.5. The summed E-state index contributed by atoms with van der Waals surface area (Å²) in [4.78, 5) is 26.6. The van der Waals surface area contributed by atoms with Crippen molar-refractivity contribution in [1.29, 1.82) is 0 Å². The van der Waals surface area contributed by atoms with Gasteiger partial charge in [-0.25, -0.2) is 0 Å². The molecule has 0 aliphatic carbocycles. The number of para-hydroxylation sites is 1. The van der Waals surface area contributed by atoms with Crippen LogP contribution in [0.4, 0.5) is 11.4 Å². The van der Waals surface area contributed by atoms with E-state index >= 15 is 0 Å². The molecular weight excluding hydrogens is 328 g/mol. The summed E-state index contributed by atoms with van der Waals surface area (Å²) in [5.74, 6) is 0.296. The highest BCUT2D eigenvalue weighted by Gasteiger charge is 2.35. The first-order valence-electron chi connectivity index (χ1n) is 8.98. The number of nitrogens with one attached hydrogen (secondary N) is 1. The molecule has 3 rings (SSSR count). The molecule has 1 aliphatic rings. The second kappa shape index (κ2) is 8.04. The standard InChI is InChI=1S/C21H24N2O3/c1-3-12-26-18-10-8-17(9-11-18)22-21(25)16-13-20(24)23(14-16)19-7-5-4-6-15(19)2/h4-11,16H,3,12-14H2,1-2H3,(H,22,25)/t16-/m0/s1. The van der Waals surface area contributed by atoms with Crippen molar-refractivity contribution in [2.24, 2.45) is 5.92 Å². The molecule has 0 bridgehead atoms. The first kappa shape index (κ1) is 18.0. The van der Waals surface area contributed by atoms with Gasteiger partial charge in [0.25, 0.3) is 0 Å². The summed E-state index contributed by atoms with van der Waals surface area (Å²) < 4.78 is 5.54. The Bertz CT molecular complexity index is 786. The Kier molecular flexibility index (Phi) is 5.56. The van der Waals surface area contributed by atoms with Gasteiger partial charge in [-0.15, -0.1) is 0 Å². The molecule has 0 aromatic heterocycles. The Hall–Kier alpha value is -2.82. The van der Waals surface area contributed by atoms with E-state index in [4.69, 9.17) is 4.74 Å². The van der Waals surface area contributed by atoms with Gasteiger partial charge in [0.2, 0.25) is 11.8 Å². The van der Waals surface area contributed by atoms with Crippen LogP contribution in [0.25, 0.3) is 0 Å². The minimum Gasteiger partial charge on any atom is -0.494 e. The maximum absolute atomic E-state index is 12.6. The van der Waals surface area contributed by atoms with Gasteiger partial charge in [-0.2, -0.15) is 0 Å². The van der Waals surface area contributed by atoms with Crippen LogP contribution in [-0.4, -0.2) is 25.0 Å². The quantitative estimate of drug-likeness (QED) is 0.861. The van der Waals surface area contributed by atoms with Gasteiger partial charge in [-0.05, 0) is 49.2 Å². The van der Waals surface area contributed by atoms with E-state index in [9.17, 15) is 9.59 Å². The molecule has 1 saturated heterocycles. The van der Waals surface area contributed by atoms with E-state index in [1.54, 1.807) is 4.90 Å². The van der Waals surface area contributed by atoms with Gasteiger partial charge >= 0.3 is 0 Å². The Balaban J connectivity index is 1.62. The van der Waals surface area contributed by atoms with Crippen molar-refractivity contribution in [3.8, 4) is 5.75 Å². The van der Waals surface area contributed by atoms with Crippen LogP contribution in [-0.2, 0) is 9.59 Å². The number of rotatable bonds is 6. The van der Waals surface area contributed by atoms with Crippen LogP contribution in [0.1, 0.15) is 25.3 Å². The summed E-state index contributed by atoms with van der Waals surface area (Å²) in [6, 6.07) is 15.1. The molecule has 1 aliphatic heterocycles. The zero-order valence-electron chi connectivity index (χ0n) is 15.2. The number of carbonyl (C=O) groups is 2. The molecule has 2 aromatic carbocycles. The van der Waals surface area contributed by atoms with Crippen LogP contribution in [0.3, 0.4) is 0 Å². The second-order valence-corrected chi connectivity index (χ2v) is 6.55. The Morgan fingerprint density at radius 1 is 1.19 bits per heavy atom. The monoisotopic (exact) mass is 352 g/mol. The molecule has 1 fully saturated rings. The summed E-state index contributed by atoms with van der Waals surface area (Å²) in [7, 11) is 0. The summed E-state index contributed by atoms with van der Waals surface area (Å²) in [6.45, 7) is 5.10. The van der Waals surface area contributed by atoms with Crippen molar-refractivity contribution in [2.45, 2.75) is 26.7 Å². The van der Waals surface area contributed by atoms with Gasteiger partial charge in [0.15, 0.2) is 0 Å². The van der Waals surface area contributed by atoms with Crippen LogP contribution in [0.5, 0.6) is 5.75 Å². The van der Waals surface area contributed by atoms with Crippen LogP contribution in [0, 0.1) is 12.8 Å². The summed E-state index contributed by atoms with van der Waals surface area (Å²) >= 11 is 0. The molecule has 0 unspecified atom stereocenters. The largest absolute Gasteiger partial charge is 0.494 e. The van der Waals surface area contributed by atoms with E-state index in [2.05, 4.69) is 12.2 Å². The van der Waals surface area contributed by atoms with E-state index in [0.29, 0.717) is 18.8 Å². The van der Waals surface area contributed by atoms with Gasteiger partial charge in [0.05, 0.1) is 12.5 Å². The van der Waals surface area contributed by atoms with Gasteiger partial charge in [0.1, 0.15) is 5.75 Å². The van der Waals surface area contributed by atoms with Crippen molar-refractivity contribution in [3.05, 3.63) is 54.1 Å². The maximum atomic E-state index is 12.6. The molecule has 1 heterocycles. The van der Waals surface area contributed by atoms with Crippen LogP contribution < -0.4 is 15.0 Å². The average Bonchev–Trinajstić information content (AvgIpc) is 3.03. The molecule has 1 atom stereocenters. The molecule has 0 saturated carbocycles. The minimum atomic E-state index is -0.349. The fraction of sp³-hybridized carbons (Fsp3) is 0.333. The Labute approximate surface area is 154 Å². The van der Waals surface area contributed by atoms with Gasteiger partial charge in [-0.1, -0.05) is 25.1 Å². The predicted molar refractivity (Wildman–Crippen MR) is 102 cm³/mol. The molecule has 1 N–H and O–H groups in total. The molecule has 26 heavy (non-hydrogen) atoms. The zero-order valence-corrected chi connectivity index (χ0v) is 15.2. The minimum absolute atomic E-state index is 0.0113. The highest BCUT2D eigenvalue weighted by atomic mass is 16.5. The van der Waals surface area contributed by atoms with Crippen LogP contribution >= 0.6 is 0 Å². The summed E-state index contributed by atoms with van der Waals surface area (Å²) in [6.07, 6.45) is 1.18. The highest BCUT2D eigenvalue weighted by Crippen LogP contribution is 2.28. The van der Waals surface area contributed by atoms with Crippen molar-refractivity contribution in [3.63, 3.8) is 0 Å². The number of ether oxygens (including phenoxy) is 1. The first-order valence-corrected chi connectivity index (χ1v) is 8.98. The fourth-order valence-electron chi connectivity index (χ4n) is 3.08. The Morgan fingerprint density at radius 2 is 1.92 bits per heavy atom. The van der Waals surface area contributed by atoms with Gasteiger partial charge in [0, 0.05) is 24.3 Å². The number of hydrogen-bond donors (Lipinski definition) is 1. The first-order chi connectivity index (χ1) is 12.6. The van der Waals surface area contributed by atoms with Gasteiger partial charge in [-0.3, -0.25) is 9.59 Å². The highest BCUT2D eigenvalue weighted by molar-refractivity contribution is 6.03. The maximum Gasteiger partial charge on any atom is 0.229 e. The average molecular weight is 352 g/mol. The molecule has 2 aromatic rings. The lowest BCUT2D eigenvalue weighted by Gasteiger charge is -2.19. The number of nitrogens with zero attached hydrogens (tertiary/aromatic N) is 1. The lowest BCUT2D eigenvalue weighted by atomic mass is 10.1. The lowest BCUT2D eigenvalue weighted by molar-refractivity contribution is -0.122. The number of aryl methyl sites for hydroxylation is 1. The van der Waals surface area contributed by atoms with Gasteiger partial charge < -0.3 is 15.0 Å². The van der Waals surface area contributed by atoms with E-state index in [-0.39, 0.29) is 24.2 Å². The second-order valence-electron chi connectivity index (χ2n) is 6.55. The SMILES string of the molecule is CCCOc1ccc(NC(=O)[C@H]2CC(=O)N(c3ccccc3C)C2)cc1. The van der Waals surface area contributed by atoms with Crippen molar-refractivity contribution < 1.29 is 14.3 Å². The fourth-order valence-corrected chi connectivity index (χ4v) is 3.08.